The zero-order valence-corrected chi connectivity index (χ0v) is 21.9. The lowest BCUT2D eigenvalue weighted by molar-refractivity contribution is 0.0886. The molecule has 0 aliphatic heterocycles. The van der Waals surface area contributed by atoms with Crippen LogP contribution in [-0.2, 0) is 0 Å². The number of hydrogen-bond donors (Lipinski definition) is 0. The summed E-state index contributed by atoms with van der Waals surface area (Å²) in [6.07, 6.45) is 30.5. The Morgan fingerprint density at radius 2 is 1.21 bits per heavy atom. The van der Waals surface area contributed by atoms with Gasteiger partial charge in [0.1, 0.15) is 5.52 Å². The van der Waals surface area contributed by atoms with Gasteiger partial charge >= 0.3 is 0 Å². The minimum Gasteiger partial charge on any atom is -0.273 e. The number of carbonyl (C=O) groups excluding carboxylic acids is 1. The van der Waals surface area contributed by atoms with Crippen LogP contribution in [0.4, 0.5) is 0 Å². The molecular weight excluding hydrogens is 418 g/mol. The fraction of sp³-hybridized carbons (Fsp3) is 0.700. The lowest BCUT2D eigenvalue weighted by Gasteiger charge is -2.02. The van der Waals surface area contributed by atoms with Gasteiger partial charge in [0.15, 0.2) is 0 Å². The minimum absolute atomic E-state index is 0.0504. The van der Waals surface area contributed by atoms with Crippen molar-refractivity contribution in [1.29, 1.82) is 0 Å². The van der Waals surface area contributed by atoms with Crippen molar-refractivity contribution in [1.82, 2.24) is 15.0 Å². The van der Waals surface area contributed by atoms with E-state index < -0.39 is 0 Å². The zero-order chi connectivity index (χ0) is 24.1. The first-order valence-electron chi connectivity index (χ1n) is 14.3. The molecule has 0 radical (unpaired) electrons. The highest BCUT2D eigenvalue weighted by atomic mass is 16.2. The van der Waals surface area contributed by atoms with E-state index in [1.165, 1.54) is 114 Å². The molecule has 0 amide bonds. The van der Waals surface area contributed by atoms with Crippen molar-refractivity contribution in [3.8, 4) is 0 Å². The van der Waals surface area contributed by atoms with Crippen LogP contribution in [0.25, 0.3) is 11.0 Å². The van der Waals surface area contributed by atoms with Crippen molar-refractivity contribution >= 4 is 16.9 Å². The molecule has 34 heavy (non-hydrogen) atoms. The maximum absolute atomic E-state index is 12.4. The van der Waals surface area contributed by atoms with Crippen molar-refractivity contribution in [2.45, 2.75) is 135 Å². The summed E-state index contributed by atoms with van der Waals surface area (Å²) in [5.41, 5.74) is 1.59. The maximum Gasteiger partial charge on any atom is 0.248 e. The highest BCUT2D eigenvalue weighted by Crippen LogP contribution is 2.14. The van der Waals surface area contributed by atoms with Crippen molar-refractivity contribution < 1.29 is 4.79 Å². The van der Waals surface area contributed by atoms with E-state index in [0.717, 1.165) is 23.9 Å². The number of carbonyl (C=O) groups is 1. The summed E-state index contributed by atoms with van der Waals surface area (Å²) in [4.78, 5) is 12.4. The standard InChI is InChI=1S/C30H49N3O/c1-2-3-4-5-6-7-8-9-10-11-12-13-14-15-16-17-18-19-20-21-22-27-30(34)33-29-26-24-23-25-28(29)31-32-33/h15-16,23-26H,2-14,17-22,27H2,1H3/b16-15+. The third kappa shape index (κ3) is 12.5. The second kappa shape index (κ2) is 19.3. The largest absolute Gasteiger partial charge is 0.273 e. The summed E-state index contributed by atoms with van der Waals surface area (Å²) < 4.78 is 1.45. The molecule has 0 saturated heterocycles. The van der Waals surface area contributed by atoms with E-state index in [9.17, 15) is 4.79 Å². The van der Waals surface area contributed by atoms with Gasteiger partial charge in [0, 0.05) is 6.42 Å². The SMILES string of the molecule is CCCCCCCCCCCCCC/C=C/CCCCCCCC(=O)n1nnc2ccccc21. The third-order valence-corrected chi connectivity index (χ3v) is 6.74. The zero-order valence-electron chi connectivity index (χ0n) is 21.9. The van der Waals surface area contributed by atoms with Gasteiger partial charge in [0.25, 0.3) is 0 Å². The van der Waals surface area contributed by atoms with E-state index in [1.54, 1.807) is 0 Å². The highest BCUT2D eigenvalue weighted by Gasteiger charge is 2.10. The Bertz CT molecular complexity index is 795. The predicted molar refractivity (Wildman–Crippen MR) is 145 cm³/mol. The molecule has 4 heteroatoms. The Kier molecular flexibility index (Phi) is 16.1. The molecule has 2 aromatic rings. The van der Waals surface area contributed by atoms with Gasteiger partial charge in [-0.05, 0) is 44.2 Å². The Labute approximate surface area is 208 Å². The average Bonchev–Trinajstić information content (AvgIpc) is 3.29. The first kappa shape index (κ1) is 28.3. The number of nitrogens with zero attached hydrogens (tertiary/aromatic N) is 3. The third-order valence-electron chi connectivity index (χ3n) is 6.74. The van der Waals surface area contributed by atoms with Crippen LogP contribution in [0.2, 0.25) is 0 Å². The van der Waals surface area contributed by atoms with Crippen molar-refractivity contribution in [3.63, 3.8) is 0 Å². The fourth-order valence-corrected chi connectivity index (χ4v) is 4.57. The summed E-state index contributed by atoms with van der Waals surface area (Å²) in [7, 11) is 0. The Balaban J connectivity index is 1.32. The summed E-state index contributed by atoms with van der Waals surface area (Å²) in [6, 6.07) is 7.63. The number of hydrogen-bond acceptors (Lipinski definition) is 3. The molecule has 4 nitrogen and oxygen atoms in total. The molecule has 0 spiro atoms. The predicted octanol–water partition coefficient (Wildman–Crippen LogP) is 9.45. The summed E-state index contributed by atoms with van der Waals surface area (Å²) in [5.74, 6) is 0.0504. The second-order valence-electron chi connectivity index (χ2n) is 9.84. The summed E-state index contributed by atoms with van der Waals surface area (Å²) in [5, 5.41) is 8.07. The van der Waals surface area contributed by atoms with Crippen LogP contribution < -0.4 is 0 Å². The van der Waals surface area contributed by atoms with E-state index in [2.05, 4.69) is 29.4 Å². The molecule has 190 valence electrons. The maximum atomic E-state index is 12.4. The van der Waals surface area contributed by atoms with Crippen LogP contribution in [0.5, 0.6) is 0 Å². The average molecular weight is 468 g/mol. The first-order chi connectivity index (χ1) is 16.8. The smallest absolute Gasteiger partial charge is 0.248 e. The van der Waals surface area contributed by atoms with Gasteiger partial charge in [-0.2, -0.15) is 4.68 Å². The van der Waals surface area contributed by atoms with E-state index >= 15 is 0 Å². The van der Waals surface area contributed by atoms with Gasteiger partial charge in [0.05, 0.1) is 5.52 Å². The molecule has 1 aromatic carbocycles. The second-order valence-corrected chi connectivity index (χ2v) is 9.84. The van der Waals surface area contributed by atoms with Gasteiger partial charge < -0.3 is 0 Å². The molecule has 0 saturated carbocycles. The number of aromatic nitrogens is 3. The molecule has 0 unspecified atom stereocenters. The number of rotatable bonds is 21. The van der Waals surface area contributed by atoms with Gasteiger partial charge in [-0.1, -0.05) is 126 Å². The first-order valence-corrected chi connectivity index (χ1v) is 14.3. The topological polar surface area (TPSA) is 47.8 Å². The van der Waals surface area contributed by atoms with Crippen molar-refractivity contribution in [2.75, 3.05) is 0 Å². The van der Waals surface area contributed by atoms with E-state index in [4.69, 9.17) is 0 Å². The molecule has 1 heterocycles. The summed E-state index contributed by atoms with van der Waals surface area (Å²) in [6.45, 7) is 2.29. The molecule has 0 aliphatic carbocycles. The van der Waals surface area contributed by atoms with E-state index in [0.29, 0.717) is 6.42 Å². The lowest BCUT2D eigenvalue weighted by Crippen LogP contribution is -2.12. The highest BCUT2D eigenvalue weighted by molar-refractivity contribution is 5.88. The monoisotopic (exact) mass is 467 g/mol. The molecule has 1 aromatic heterocycles. The Morgan fingerprint density at radius 3 is 1.79 bits per heavy atom. The van der Waals surface area contributed by atoms with Crippen molar-refractivity contribution in [3.05, 3.63) is 36.4 Å². The molecular formula is C30H49N3O. The Hall–Kier alpha value is -1.97. The van der Waals surface area contributed by atoms with Crippen LogP contribution >= 0.6 is 0 Å². The normalized spacial score (nSPS) is 11.7. The van der Waals surface area contributed by atoms with E-state index in [-0.39, 0.29) is 5.91 Å². The molecule has 2 rings (SSSR count). The Morgan fingerprint density at radius 1 is 0.706 bits per heavy atom. The quantitative estimate of drug-likeness (QED) is 0.136. The van der Waals surface area contributed by atoms with E-state index in [1.807, 2.05) is 24.3 Å². The number of unbranched alkanes of at least 4 members (excludes halogenated alkanes) is 17. The number of fused-ring (bicyclic) bond motifs is 1. The van der Waals surface area contributed by atoms with Gasteiger partial charge in [-0.3, -0.25) is 4.79 Å². The fourth-order valence-electron chi connectivity index (χ4n) is 4.57. The van der Waals surface area contributed by atoms with Crippen LogP contribution in [0.3, 0.4) is 0 Å². The van der Waals surface area contributed by atoms with Crippen LogP contribution in [-0.4, -0.2) is 20.9 Å². The molecule has 0 aliphatic rings. The number of allylic oxidation sites excluding steroid dienone is 2. The molecule has 0 N–H and O–H groups in total. The van der Waals surface area contributed by atoms with Gasteiger partial charge in [-0.25, -0.2) is 0 Å². The van der Waals surface area contributed by atoms with Crippen LogP contribution in [0.15, 0.2) is 36.4 Å². The lowest BCUT2D eigenvalue weighted by atomic mass is 10.0. The molecule has 0 bridgehead atoms. The molecule has 0 atom stereocenters. The summed E-state index contributed by atoms with van der Waals surface area (Å²) >= 11 is 0. The van der Waals surface area contributed by atoms with Gasteiger partial charge in [0.2, 0.25) is 5.91 Å². The van der Waals surface area contributed by atoms with Crippen LogP contribution in [0.1, 0.15) is 140 Å². The molecule has 0 fully saturated rings. The van der Waals surface area contributed by atoms with Gasteiger partial charge in [-0.15, -0.1) is 5.10 Å². The van der Waals surface area contributed by atoms with Crippen molar-refractivity contribution in [2.24, 2.45) is 0 Å². The number of benzene rings is 1. The number of para-hydroxylation sites is 1. The van der Waals surface area contributed by atoms with Crippen LogP contribution in [0, 0.1) is 0 Å². The minimum atomic E-state index is 0.0504.